The van der Waals surface area contributed by atoms with Crippen LogP contribution in [0, 0.1) is 11.3 Å². The molecule has 0 amide bonds. The fourth-order valence-corrected chi connectivity index (χ4v) is 4.93. The molecule has 2 N–H and O–H groups in total. The summed E-state index contributed by atoms with van der Waals surface area (Å²) in [6, 6.07) is 0. The Kier molecular flexibility index (Phi) is 4.40. The van der Waals surface area contributed by atoms with Crippen LogP contribution >= 0.6 is 0 Å². The molecule has 0 spiro atoms. The van der Waals surface area contributed by atoms with Gasteiger partial charge in [-0.1, -0.05) is 32.1 Å². The number of fused-ring (bicyclic) bond motifs is 1. The van der Waals surface area contributed by atoms with Gasteiger partial charge in [-0.15, -0.1) is 0 Å². The molecular weight excluding hydrogens is 250 g/mol. The molecule has 116 valence electrons. The number of aliphatic hydroxyl groups excluding tert-OH is 1. The predicted molar refractivity (Wildman–Crippen MR) is 80.6 cm³/mol. The Bertz CT molecular complexity index is 327. The molecule has 2 unspecified atom stereocenters. The van der Waals surface area contributed by atoms with Gasteiger partial charge in [0.2, 0.25) is 0 Å². The highest BCUT2D eigenvalue weighted by Gasteiger charge is 2.44. The van der Waals surface area contributed by atoms with Crippen LogP contribution in [-0.2, 0) is 0 Å². The standard InChI is InChI=1S/C17H31NO2/c19-14-16(7-3-1-4-8-16)13-18-11-10-17(20)9-5-2-6-15(17)12-18/h15,19-20H,1-14H2. The van der Waals surface area contributed by atoms with Gasteiger partial charge in [0.1, 0.15) is 0 Å². The first-order valence-electron chi connectivity index (χ1n) is 8.72. The topological polar surface area (TPSA) is 43.7 Å². The van der Waals surface area contributed by atoms with Gasteiger partial charge in [-0.05, 0) is 32.1 Å². The molecule has 20 heavy (non-hydrogen) atoms. The Morgan fingerprint density at radius 1 is 0.950 bits per heavy atom. The first kappa shape index (κ1) is 14.8. The molecule has 3 fully saturated rings. The summed E-state index contributed by atoms with van der Waals surface area (Å²) in [5, 5.41) is 20.6. The van der Waals surface area contributed by atoms with Gasteiger partial charge in [0.25, 0.3) is 0 Å². The fraction of sp³-hybridized carbons (Fsp3) is 1.00. The molecule has 3 nitrogen and oxygen atoms in total. The second-order valence-corrected chi connectivity index (χ2v) is 7.75. The number of likely N-dealkylation sites (tertiary alicyclic amines) is 1. The van der Waals surface area contributed by atoms with Gasteiger partial charge >= 0.3 is 0 Å². The minimum absolute atomic E-state index is 0.155. The maximum absolute atomic E-state index is 10.8. The van der Waals surface area contributed by atoms with Crippen molar-refractivity contribution in [1.29, 1.82) is 0 Å². The Morgan fingerprint density at radius 3 is 2.45 bits per heavy atom. The monoisotopic (exact) mass is 281 g/mol. The number of piperidine rings is 1. The quantitative estimate of drug-likeness (QED) is 0.835. The molecule has 3 aliphatic rings. The van der Waals surface area contributed by atoms with E-state index in [1.807, 2.05) is 0 Å². The van der Waals surface area contributed by atoms with Crippen molar-refractivity contribution in [1.82, 2.24) is 4.90 Å². The molecule has 0 aromatic carbocycles. The average molecular weight is 281 g/mol. The predicted octanol–water partition coefficient (Wildman–Crippen LogP) is 2.56. The highest BCUT2D eigenvalue weighted by molar-refractivity contribution is 4.97. The fourth-order valence-electron chi connectivity index (χ4n) is 4.93. The van der Waals surface area contributed by atoms with Crippen LogP contribution in [0.4, 0.5) is 0 Å². The Morgan fingerprint density at radius 2 is 1.70 bits per heavy atom. The molecular formula is C17H31NO2. The number of nitrogens with zero attached hydrogens (tertiary/aromatic N) is 1. The van der Waals surface area contributed by atoms with Gasteiger partial charge in [0.05, 0.1) is 5.60 Å². The summed E-state index contributed by atoms with van der Waals surface area (Å²) in [6.45, 7) is 3.47. The van der Waals surface area contributed by atoms with Crippen LogP contribution in [0.1, 0.15) is 64.2 Å². The summed E-state index contributed by atoms with van der Waals surface area (Å²) in [5.74, 6) is 0.476. The van der Waals surface area contributed by atoms with Crippen molar-refractivity contribution in [2.75, 3.05) is 26.2 Å². The molecule has 0 radical (unpaired) electrons. The lowest BCUT2D eigenvalue weighted by molar-refractivity contribution is -0.104. The normalized spacial score (nSPS) is 38.4. The summed E-state index contributed by atoms with van der Waals surface area (Å²) in [6.07, 6.45) is 11.9. The van der Waals surface area contributed by atoms with Crippen molar-refractivity contribution in [2.45, 2.75) is 69.8 Å². The molecule has 1 heterocycles. The van der Waals surface area contributed by atoms with Crippen LogP contribution in [0.15, 0.2) is 0 Å². The number of hydrogen-bond donors (Lipinski definition) is 2. The lowest BCUT2D eigenvalue weighted by atomic mass is 9.70. The van der Waals surface area contributed by atoms with Crippen molar-refractivity contribution in [3.05, 3.63) is 0 Å². The summed E-state index contributed by atoms with van der Waals surface area (Å²) >= 11 is 0. The zero-order valence-electron chi connectivity index (χ0n) is 12.8. The first-order valence-corrected chi connectivity index (χ1v) is 8.72. The number of rotatable bonds is 3. The number of aliphatic hydroxyl groups is 2. The zero-order valence-corrected chi connectivity index (χ0v) is 12.8. The van der Waals surface area contributed by atoms with Crippen molar-refractivity contribution < 1.29 is 10.2 Å². The summed E-state index contributed by atoms with van der Waals surface area (Å²) in [7, 11) is 0. The maximum Gasteiger partial charge on any atom is 0.0700 e. The molecule has 0 bridgehead atoms. The van der Waals surface area contributed by atoms with Gasteiger partial charge in [-0.3, -0.25) is 0 Å². The van der Waals surface area contributed by atoms with E-state index in [0.717, 1.165) is 32.5 Å². The minimum atomic E-state index is -0.367. The van der Waals surface area contributed by atoms with Gasteiger partial charge in [-0.2, -0.15) is 0 Å². The van der Waals surface area contributed by atoms with E-state index in [-0.39, 0.29) is 11.0 Å². The van der Waals surface area contributed by atoms with Crippen LogP contribution < -0.4 is 0 Å². The zero-order chi connectivity index (χ0) is 14.1. The highest BCUT2D eigenvalue weighted by Crippen LogP contribution is 2.42. The molecule has 2 saturated carbocycles. The highest BCUT2D eigenvalue weighted by atomic mass is 16.3. The third kappa shape index (κ3) is 2.90. The second kappa shape index (κ2) is 5.94. The maximum atomic E-state index is 10.8. The smallest absolute Gasteiger partial charge is 0.0700 e. The van der Waals surface area contributed by atoms with Gasteiger partial charge in [0, 0.05) is 37.6 Å². The van der Waals surface area contributed by atoms with E-state index in [9.17, 15) is 10.2 Å². The molecule has 3 rings (SSSR count). The molecule has 3 heteroatoms. The van der Waals surface area contributed by atoms with E-state index in [1.54, 1.807) is 0 Å². The molecule has 0 aromatic rings. The largest absolute Gasteiger partial charge is 0.396 e. The molecule has 0 aromatic heterocycles. The van der Waals surface area contributed by atoms with Crippen LogP contribution in [0.2, 0.25) is 0 Å². The first-order chi connectivity index (χ1) is 9.66. The Labute approximate surface area is 123 Å². The van der Waals surface area contributed by atoms with Crippen LogP contribution in [0.5, 0.6) is 0 Å². The summed E-state index contributed by atoms with van der Waals surface area (Å²) in [5.41, 5.74) is -0.212. The number of hydrogen-bond acceptors (Lipinski definition) is 3. The lowest BCUT2D eigenvalue weighted by Crippen LogP contribution is -2.55. The SMILES string of the molecule is OCC1(CN2CCC3(O)CCCCC3C2)CCCCC1. The molecule has 1 aliphatic heterocycles. The van der Waals surface area contributed by atoms with E-state index < -0.39 is 0 Å². The van der Waals surface area contributed by atoms with E-state index >= 15 is 0 Å². The summed E-state index contributed by atoms with van der Waals surface area (Å²) in [4.78, 5) is 2.55. The molecule has 1 saturated heterocycles. The van der Waals surface area contributed by atoms with Gasteiger partial charge in [-0.25, -0.2) is 0 Å². The van der Waals surface area contributed by atoms with Gasteiger partial charge in [0.15, 0.2) is 0 Å². The van der Waals surface area contributed by atoms with Crippen molar-refractivity contribution in [3.8, 4) is 0 Å². The van der Waals surface area contributed by atoms with E-state index in [2.05, 4.69) is 4.90 Å². The van der Waals surface area contributed by atoms with E-state index in [1.165, 1.54) is 51.4 Å². The van der Waals surface area contributed by atoms with E-state index in [4.69, 9.17) is 0 Å². The summed E-state index contributed by atoms with van der Waals surface area (Å²) < 4.78 is 0. The molecule has 2 aliphatic carbocycles. The lowest BCUT2D eigenvalue weighted by Gasteiger charge is -2.50. The van der Waals surface area contributed by atoms with Crippen LogP contribution in [0.3, 0.4) is 0 Å². The Balaban J connectivity index is 1.61. The third-order valence-electron chi connectivity index (χ3n) is 6.32. The van der Waals surface area contributed by atoms with Crippen molar-refractivity contribution in [3.63, 3.8) is 0 Å². The van der Waals surface area contributed by atoms with Crippen molar-refractivity contribution >= 4 is 0 Å². The van der Waals surface area contributed by atoms with Crippen LogP contribution in [0.25, 0.3) is 0 Å². The minimum Gasteiger partial charge on any atom is -0.396 e. The second-order valence-electron chi connectivity index (χ2n) is 7.75. The average Bonchev–Trinajstić information content (AvgIpc) is 2.48. The molecule has 2 atom stereocenters. The third-order valence-corrected chi connectivity index (χ3v) is 6.32. The van der Waals surface area contributed by atoms with Gasteiger partial charge < -0.3 is 15.1 Å². The van der Waals surface area contributed by atoms with Crippen LogP contribution in [-0.4, -0.2) is 47.0 Å². The van der Waals surface area contributed by atoms with Crippen molar-refractivity contribution in [2.24, 2.45) is 11.3 Å². The van der Waals surface area contributed by atoms with E-state index in [0.29, 0.717) is 12.5 Å². The Hall–Kier alpha value is -0.120.